The van der Waals surface area contributed by atoms with Crippen molar-refractivity contribution < 1.29 is 31.4 Å². The average molecular weight is 194 g/mol. The maximum atomic E-state index is 12.2. The van der Waals surface area contributed by atoms with Crippen molar-refractivity contribution >= 4 is 0 Å². The van der Waals surface area contributed by atoms with E-state index in [9.17, 15) is 22.0 Å². The second-order valence-electron chi connectivity index (χ2n) is 1.89. The number of hydrogen-bond donors (Lipinski definition) is 0. The third kappa shape index (κ3) is 2.28. The maximum Gasteiger partial charge on any atom is 0.395 e. The van der Waals surface area contributed by atoms with Crippen LogP contribution in [-0.4, -0.2) is 32.6 Å². The molecular weight excluding hydrogens is 187 g/mol. The molecule has 2 nitrogen and oxygen atoms in total. The molecule has 0 rings (SSSR count). The molecule has 0 saturated heterocycles. The van der Waals surface area contributed by atoms with Crippen LogP contribution in [0.4, 0.5) is 22.0 Å². The number of rotatable bonds is 4. The highest BCUT2D eigenvalue weighted by Gasteiger charge is 2.57. The van der Waals surface area contributed by atoms with Gasteiger partial charge in [0, 0.05) is 14.2 Å². The summed E-state index contributed by atoms with van der Waals surface area (Å²) in [5.74, 6) is 0. The molecule has 0 saturated carbocycles. The molecule has 0 unspecified atom stereocenters. The maximum absolute atomic E-state index is 12.2. The lowest BCUT2D eigenvalue weighted by Gasteiger charge is -2.24. The van der Waals surface area contributed by atoms with Gasteiger partial charge in [-0.2, -0.15) is 17.6 Å². The van der Waals surface area contributed by atoms with Crippen LogP contribution in [0.2, 0.25) is 0 Å². The minimum atomic E-state index is -4.56. The predicted molar refractivity (Wildman–Crippen MR) is 28.8 cm³/mol. The van der Waals surface area contributed by atoms with Crippen molar-refractivity contribution in [3.8, 4) is 0 Å². The van der Waals surface area contributed by atoms with Crippen LogP contribution in [-0.2, 0) is 9.47 Å². The topological polar surface area (TPSA) is 18.5 Å². The van der Waals surface area contributed by atoms with Gasteiger partial charge in [-0.15, -0.1) is 0 Å². The number of hydrogen-bond acceptors (Lipinski definition) is 2. The molecule has 74 valence electrons. The molecule has 7 heteroatoms. The van der Waals surface area contributed by atoms with Crippen molar-refractivity contribution in [2.24, 2.45) is 0 Å². The quantitative estimate of drug-likeness (QED) is 0.635. The molecule has 0 radical (unpaired) electrons. The van der Waals surface area contributed by atoms with E-state index in [0.29, 0.717) is 14.2 Å². The number of halogens is 5. The van der Waals surface area contributed by atoms with E-state index in [0.717, 1.165) is 0 Å². The summed E-state index contributed by atoms with van der Waals surface area (Å²) < 4.78 is 66.9. The van der Waals surface area contributed by atoms with Gasteiger partial charge in [0.15, 0.2) is 0 Å². The summed E-state index contributed by atoms with van der Waals surface area (Å²) in [6.45, 7) is 0. The van der Waals surface area contributed by atoms with Gasteiger partial charge in [0.2, 0.25) is 0 Å². The molecule has 0 spiro atoms. The summed E-state index contributed by atoms with van der Waals surface area (Å²) in [7, 11) is 0.830. The van der Waals surface area contributed by atoms with Gasteiger partial charge in [0.1, 0.15) is 0 Å². The zero-order valence-electron chi connectivity index (χ0n) is 6.28. The second-order valence-corrected chi connectivity index (χ2v) is 1.89. The van der Waals surface area contributed by atoms with Gasteiger partial charge in [-0.3, -0.25) is 0 Å². The first-order valence-corrected chi connectivity index (χ1v) is 2.78. The highest BCUT2D eigenvalue weighted by atomic mass is 19.3. The van der Waals surface area contributed by atoms with E-state index in [-0.39, 0.29) is 0 Å². The van der Waals surface area contributed by atoms with Crippen molar-refractivity contribution in [3.63, 3.8) is 0 Å². The molecular formula is C5H7F5O2. The molecule has 0 aliphatic heterocycles. The van der Waals surface area contributed by atoms with Crippen LogP contribution in [0.3, 0.4) is 0 Å². The molecule has 0 heterocycles. The summed E-state index contributed by atoms with van der Waals surface area (Å²) in [6.07, 6.45) is -12.9. The largest absolute Gasteiger partial charge is 0.395 e. The fourth-order valence-corrected chi connectivity index (χ4v) is 0.403. The highest BCUT2D eigenvalue weighted by molar-refractivity contribution is 4.75. The molecule has 0 bridgehead atoms. The van der Waals surface area contributed by atoms with Crippen molar-refractivity contribution in [3.05, 3.63) is 0 Å². The Morgan fingerprint density at radius 2 is 1.17 bits per heavy atom. The standard InChI is InChI=1S/C5H7F5O2/c1-11-4(7,8)3(6)5(9,10)12-2/h3H,1-2H3. The third-order valence-electron chi connectivity index (χ3n) is 1.13. The first-order chi connectivity index (χ1) is 5.28. The lowest BCUT2D eigenvalue weighted by molar-refractivity contribution is -0.355. The molecule has 12 heavy (non-hydrogen) atoms. The lowest BCUT2D eigenvalue weighted by Crippen LogP contribution is -2.46. The second kappa shape index (κ2) is 3.53. The van der Waals surface area contributed by atoms with Gasteiger partial charge in [-0.1, -0.05) is 0 Å². The van der Waals surface area contributed by atoms with E-state index in [1.54, 1.807) is 0 Å². The van der Waals surface area contributed by atoms with Crippen LogP contribution in [0, 0.1) is 0 Å². The number of alkyl halides is 5. The van der Waals surface area contributed by atoms with Crippen molar-refractivity contribution in [2.45, 2.75) is 18.4 Å². The van der Waals surface area contributed by atoms with E-state index in [1.165, 1.54) is 0 Å². The minimum Gasteiger partial charge on any atom is -0.321 e. The van der Waals surface area contributed by atoms with E-state index in [2.05, 4.69) is 9.47 Å². The van der Waals surface area contributed by atoms with Gasteiger partial charge in [-0.25, -0.2) is 4.39 Å². The number of ether oxygens (including phenoxy) is 2. The van der Waals surface area contributed by atoms with Crippen LogP contribution in [0.5, 0.6) is 0 Å². The van der Waals surface area contributed by atoms with Gasteiger partial charge in [0.25, 0.3) is 6.17 Å². The van der Waals surface area contributed by atoms with Gasteiger partial charge in [-0.05, 0) is 0 Å². The van der Waals surface area contributed by atoms with Crippen molar-refractivity contribution in [1.82, 2.24) is 0 Å². The Morgan fingerprint density at radius 1 is 0.917 bits per heavy atom. The molecule has 0 aliphatic carbocycles. The Bertz CT molecular complexity index is 133. The molecule has 0 N–H and O–H groups in total. The molecule has 0 aromatic rings. The minimum absolute atomic E-state index is 0.415. The first kappa shape index (κ1) is 11.6. The summed E-state index contributed by atoms with van der Waals surface area (Å²) in [6, 6.07) is 0. The number of methoxy groups -OCH3 is 2. The van der Waals surface area contributed by atoms with Crippen molar-refractivity contribution in [2.75, 3.05) is 14.2 Å². The van der Waals surface area contributed by atoms with E-state index in [1.807, 2.05) is 0 Å². The highest BCUT2D eigenvalue weighted by Crippen LogP contribution is 2.34. The van der Waals surface area contributed by atoms with Gasteiger partial charge in [0.05, 0.1) is 0 Å². The Kier molecular flexibility index (Phi) is 3.40. The normalized spacial score (nSPS) is 14.0. The Morgan fingerprint density at radius 3 is 1.33 bits per heavy atom. The van der Waals surface area contributed by atoms with Crippen LogP contribution in [0.15, 0.2) is 0 Å². The molecule has 0 fully saturated rings. The first-order valence-electron chi connectivity index (χ1n) is 2.78. The smallest absolute Gasteiger partial charge is 0.321 e. The Labute approximate surface area is 65.3 Å². The fourth-order valence-electron chi connectivity index (χ4n) is 0.403. The van der Waals surface area contributed by atoms with E-state index < -0.39 is 18.4 Å². The SMILES string of the molecule is COC(F)(F)C(F)C(F)(F)OC. The van der Waals surface area contributed by atoms with Crippen LogP contribution in [0.1, 0.15) is 0 Å². The summed E-state index contributed by atoms with van der Waals surface area (Å²) >= 11 is 0. The molecule has 0 amide bonds. The Balaban J connectivity index is 4.47. The third-order valence-corrected chi connectivity index (χ3v) is 1.13. The summed E-state index contributed by atoms with van der Waals surface area (Å²) in [5.41, 5.74) is 0. The van der Waals surface area contributed by atoms with Gasteiger partial charge < -0.3 is 9.47 Å². The average Bonchev–Trinajstić information content (AvgIpc) is 2.03. The van der Waals surface area contributed by atoms with Crippen LogP contribution >= 0.6 is 0 Å². The van der Waals surface area contributed by atoms with Crippen LogP contribution in [0.25, 0.3) is 0 Å². The molecule has 0 aliphatic rings. The van der Waals surface area contributed by atoms with E-state index in [4.69, 9.17) is 0 Å². The van der Waals surface area contributed by atoms with E-state index >= 15 is 0 Å². The van der Waals surface area contributed by atoms with Crippen molar-refractivity contribution in [1.29, 1.82) is 0 Å². The fraction of sp³-hybridized carbons (Fsp3) is 1.00. The summed E-state index contributed by atoms with van der Waals surface area (Å²) in [4.78, 5) is 0. The molecule has 0 aromatic heterocycles. The molecule has 0 atom stereocenters. The summed E-state index contributed by atoms with van der Waals surface area (Å²) in [5, 5.41) is 0. The Hall–Kier alpha value is -0.430. The zero-order chi connectivity index (χ0) is 9.99. The zero-order valence-corrected chi connectivity index (χ0v) is 6.28. The monoisotopic (exact) mass is 194 g/mol. The predicted octanol–water partition coefficient (Wildman–Crippen LogP) is 1.80. The lowest BCUT2D eigenvalue weighted by atomic mass is 10.3. The molecule has 0 aromatic carbocycles. The van der Waals surface area contributed by atoms with Crippen LogP contribution < -0.4 is 0 Å². The van der Waals surface area contributed by atoms with Gasteiger partial charge >= 0.3 is 12.2 Å².